The zero-order valence-corrected chi connectivity index (χ0v) is 15.7. The van der Waals surface area contributed by atoms with Crippen molar-refractivity contribution in [1.82, 2.24) is 5.32 Å². The third kappa shape index (κ3) is 3.95. The molecule has 1 aliphatic rings. The van der Waals surface area contributed by atoms with Gasteiger partial charge in [-0.3, -0.25) is 0 Å². The number of methoxy groups -OCH3 is 1. The second-order valence-corrected chi connectivity index (χ2v) is 9.35. The van der Waals surface area contributed by atoms with E-state index in [4.69, 9.17) is 9.47 Å². The first-order valence-corrected chi connectivity index (χ1v) is 9.70. The molecule has 1 fully saturated rings. The maximum absolute atomic E-state index is 12.2. The van der Waals surface area contributed by atoms with Gasteiger partial charge in [-0.05, 0) is 38.5 Å². The first-order valence-electron chi connectivity index (χ1n) is 7.75. The van der Waals surface area contributed by atoms with Gasteiger partial charge in [0.05, 0.1) is 7.11 Å². The molecule has 8 heteroatoms. The Labute approximate surface area is 147 Å². The second kappa shape index (κ2) is 6.33. The summed E-state index contributed by atoms with van der Waals surface area (Å²) < 4.78 is 34.6. The summed E-state index contributed by atoms with van der Waals surface area (Å²) in [5, 5.41) is 1.42. The number of amides is 1. The van der Waals surface area contributed by atoms with E-state index in [1.807, 2.05) is 0 Å². The maximum Gasteiger partial charge on any atom is 0.408 e. The number of hydrogen-bond acceptors (Lipinski definition) is 6. The third-order valence-electron chi connectivity index (χ3n) is 4.03. The molecule has 1 aromatic carbocycles. The van der Waals surface area contributed by atoms with Crippen molar-refractivity contribution >= 4 is 22.2 Å². The van der Waals surface area contributed by atoms with Crippen molar-refractivity contribution in [1.29, 1.82) is 0 Å². The summed E-state index contributed by atoms with van der Waals surface area (Å²) in [4.78, 5) is 23.9. The lowest BCUT2D eigenvalue weighted by molar-refractivity contribution is -0.110. The highest BCUT2D eigenvalue weighted by atomic mass is 32.2. The fraction of sp³-hybridized carbons (Fsp3) is 0.529. The molecule has 0 saturated heterocycles. The van der Waals surface area contributed by atoms with Gasteiger partial charge in [-0.25, -0.2) is 13.2 Å². The number of carbonyl (C=O) groups excluding carboxylic acids is 2. The first kappa shape index (κ1) is 19.2. The van der Waals surface area contributed by atoms with Crippen molar-refractivity contribution in [3.8, 4) is 5.75 Å². The van der Waals surface area contributed by atoms with Crippen molar-refractivity contribution in [3.05, 3.63) is 29.8 Å². The van der Waals surface area contributed by atoms with Crippen molar-refractivity contribution in [2.24, 2.45) is 0 Å². The molecule has 0 heterocycles. The van der Waals surface area contributed by atoms with E-state index in [1.54, 1.807) is 45.0 Å². The monoisotopic (exact) mass is 369 g/mol. The Bertz CT molecular complexity index is 765. The molecule has 25 heavy (non-hydrogen) atoms. The molecule has 1 aliphatic carbocycles. The molecule has 0 radical (unpaired) electrons. The van der Waals surface area contributed by atoms with Gasteiger partial charge in [0.25, 0.3) is 0 Å². The molecule has 0 unspecified atom stereocenters. The number of hydrogen-bond donors (Lipinski definition) is 1. The molecule has 0 aliphatic heterocycles. The Morgan fingerprint density at radius 2 is 1.80 bits per heavy atom. The molecule has 3 atom stereocenters. The summed E-state index contributed by atoms with van der Waals surface area (Å²) in [7, 11) is -2.07. The summed E-state index contributed by atoms with van der Waals surface area (Å²) in [6, 6.07) is 6.72. The molecule has 1 aromatic rings. The molecule has 7 nitrogen and oxygen atoms in total. The van der Waals surface area contributed by atoms with Gasteiger partial charge in [0.15, 0.2) is 9.84 Å². The number of aldehydes is 1. The number of ether oxygens (including phenoxy) is 2. The zero-order valence-electron chi connectivity index (χ0n) is 14.9. The van der Waals surface area contributed by atoms with Gasteiger partial charge in [0, 0.05) is 12.2 Å². The average molecular weight is 369 g/mol. The zero-order chi connectivity index (χ0) is 19.0. The predicted octanol–water partition coefficient (Wildman–Crippen LogP) is 1.67. The summed E-state index contributed by atoms with van der Waals surface area (Å²) in [6.45, 7) is 5.05. The van der Waals surface area contributed by atoms with Crippen LogP contribution in [0.2, 0.25) is 0 Å². The molecular weight excluding hydrogens is 346 g/mol. The van der Waals surface area contributed by atoms with Gasteiger partial charge in [0.2, 0.25) is 0 Å². The highest BCUT2D eigenvalue weighted by Crippen LogP contribution is 2.54. The minimum atomic E-state index is -3.58. The number of sulfone groups is 1. The van der Waals surface area contributed by atoms with Crippen LogP contribution in [0.15, 0.2) is 24.3 Å². The van der Waals surface area contributed by atoms with E-state index >= 15 is 0 Å². The molecule has 1 N–H and O–H groups in total. The summed E-state index contributed by atoms with van der Waals surface area (Å²) in [5.41, 5.74) is -1.68. The van der Waals surface area contributed by atoms with Crippen molar-refractivity contribution in [2.45, 2.75) is 43.1 Å². The largest absolute Gasteiger partial charge is 0.497 e. The fourth-order valence-electron chi connectivity index (χ4n) is 3.04. The topological polar surface area (TPSA) is 98.8 Å². The van der Waals surface area contributed by atoms with E-state index < -0.39 is 38.2 Å². The number of benzene rings is 1. The number of carbonyl (C=O) groups is 2. The minimum Gasteiger partial charge on any atom is -0.497 e. The lowest BCUT2D eigenvalue weighted by atomic mass is 10.1. The SMILES string of the molecule is COc1ccc([C@@H]2[C@H](S(C)(=O)=O)[C@]2(C=O)NC(=O)OC(C)(C)C)cc1. The van der Waals surface area contributed by atoms with Crippen LogP contribution in [0.25, 0.3) is 0 Å². The first-order chi connectivity index (χ1) is 11.4. The summed E-state index contributed by atoms with van der Waals surface area (Å²) in [6.07, 6.45) is 0.706. The van der Waals surface area contributed by atoms with Crippen LogP contribution in [0, 0.1) is 0 Å². The standard InChI is InChI=1S/C17H23NO6S/c1-16(2,3)24-15(20)18-17(10-19)13(14(17)25(5,21)22)11-6-8-12(23-4)9-7-11/h6-10,13-14H,1-5H3,(H,18,20)/t13-,14+,17-/m1/s1. The van der Waals surface area contributed by atoms with Crippen LogP contribution in [-0.2, 0) is 19.4 Å². The van der Waals surface area contributed by atoms with Crippen molar-refractivity contribution < 1.29 is 27.5 Å². The van der Waals surface area contributed by atoms with Crippen LogP contribution in [0.5, 0.6) is 5.75 Å². The van der Waals surface area contributed by atoms with E-state index in [1.165, 1.54) is 7.11 Å². The lowest BCUT2D eigenvalue weighted by Gasteiger charge is -2.22. The predicted molar refractivity (Wildman–Crippen MR) is 92.5 cm³/mol. The summed E-state index contributed by atoms with van der Waals surface area (Å²) in [5.74, 6) is -0.0736. The van der Waals surface area contributed by atoms with Crippen LogP contribution >= 0.6 is 0 Å². The molecule has 0 aromatic heterocycles. The van der Waals surface area contributed by atoms with Gasteiger partial charge in [0.1, 0.15) is 28.4 Å². The number of rotatable bonds is 5. The molecule has 1 saturated carbocycles. The van der Waals surface area contributed by atoms with E-state index in [2.05, 4.69) is 5.32 Å². The highest BCUT2D eigenvalue weighted by molar-refractivity contribution is 7.91. The third-order valence-corrected chi connectivity index (χ3v) is 5.61. The van der Waals surface area contributed by atoms with Crippen LogP contribution in [0.3, 0.4) is 0 Å². The molecule has 0 spiro atoms. The second-order valence-electron chi connectivity index (χ2n) is 7.18. The van der Waals surface area contributed by atoms with E-state index in [0.29, 0.717) is 17.6 Å². The van der Waals surface area contributed by atoms with Crippen molar-refractivity contribution in [2.75, 3.05) is 13.4 Å². The summed E-state index contributed by atoms with van der Waals surface area (Å²) >= 11 is 0. The number of alkyl carbamates (subject to hydrolysis) is 1. The Morgan fingerprint density at radius 1 is 1.24 bits per heavy atom. The molecule has 2 rings (SSSR count). The van der Waals surface area contributed by atoms with Gasteiger partial charge in [-0.2, -0.15) is 0 Å². The Morgan fingerprint density at radius 3 is 2.20 bits per heavy atom. The van der Waals surface area contributed by atoms with E-state index in [0.717, 1.165) is 6.26 Å². The Kier molecular flexibility index (Phi) is 4.87. The van der Waals surface area contributed by atoms with Crippen LogP contribution < -0.4 is 10.1 Å². The lowest BCUT2D eigenvalue weighted by Crippen LogP contribution is -2.45. The van der Waals surface area contributed by atoms with Gasteiger partial charge >= 0.3 is 6.09 Å². The average Bonchev–Trinajstić information content (AvgIpc) is 3.14. The molecule has 138 valence electrons. The van der Waals surface area contributed by atoms with Crippen LogP contribution in [0.4, 0.5) is 4.79 Å². The quantitative estimate of drug-likeness (QED) is 0.793. The van der Waals surface area contributed by atoms with Gasteiger partial charge in [-0.1, -0.05) is 12.1 Å². The smallest absolute Gasteiger partial charge is 0.408 e. The molecular formula is C17H23NO6S. The van der Waals surface area contributed by atoms with Crippen molar-refractivity contribution in [3.63, 3.8) is 0 Å². The van der Waals surface area contributed by atoms with E-state index in [-0.39, 0.29) is 0 Å². The van der Waals surface area contributed by atoms with Gasteiger partial charge < -0.3 is 19.6 Å². The number of nitrogens with one attached hydrogen (secondary N) is 1. The highest BCUT2D eigenvalue weighted by Gasteiger charge is 2.71. The fourth-order valence-corrected chi connectivity index (χ4v) is 4.80. The molecule has 0 bridgehead atoms. The Balaban J connectivity index is 2.36. The maximum atomic E-state index is 12.2. The Hall–Kier alpha value is -2.09. The normalized spacial score (nSPS) is 25.8. The van der Waals surface area contributed by atoms with Gasteiger partial charge in [-0.15, -0.1) is 0 Å². The van der Waals surface area contributed by atoms with Crippen LogP contribution in [0.1, 0.15) is 32.3 Å². The van der Waals surface area contributed by atoms with E-state index in [9.17, 15) is 18.0 Å². The van der Waals surface area contributed by atoms with Crippen LogP contribution in [-0.4, -0.2) is 50.6 Å². The minimum absolute atomic E-state index is 0.484. The molecule has 1 amide bonds.